The molecule has 0 saturated carbocycles. The SMILES string of the molecule is COc1cc(C)c(-c2ccc3ccc(C4CCCN(C)C4)nc3n2)c(O)c1. The van der Waals surface area contributed by atoms with E-state index in [2.05, 4.69) is 24.1 Å². The Morgan fingerprint density at radius 3 is 2.70 bits per heavy atom. The van der Waals surface area contributed by atoms with Gasteiger partial charge >= 0.3 is 0 Å². The van der Waals surface area contributed by atoms with Gasteiger partial charge < -0.3 is 14.7 Å². The second kappa shape index (κ2) is 7.16. The molecule has 1 atom stereocenters. The van der Waals surface area contributed by atoms with Crippen LogP contribution < -0.4 is 4.74 Å². The number of fused-ring (bicyclic) bond motifs is 1. The first kappa shape index (κ1) is 17.7. The Morgan fingerprint density at radius 2 is 1.96 bits per heavy atom. The summed E-state index contributed by atoms with van der Waals surface area (Å²) in [6, 6.07) is 11.7. The van der Waals surface area contributed by atoms with E-state index in [9.17, 15) is 5.11 Å². The number of likely N-dealkylation sites (N-methyl/N-ethyl adjacent to an activating group) is 1. The van der Waals surface area contributed by atoms with E-state index in [-0.39, 0.29) is 5.75 Å². The monoisotopic (exact) mass is 363 g/mol. The molecule has 3 aromatic rings. The molecule has 1 N–H and O–H groups in total. The van der Waals surface area contributed by atoms with Crippen LogP contribution in [0.5, 0.6) is 11.5 Å². The van der Waals surface area contributed by atoms with Gasteiger partial charge in [-0.1, -0.05) is 0 Å². The number of rotatable bonds is 3. The highest BCUT2D eigenvalue weighted by Gasteiger charge is 2.20. The minimum Gasteiger partial charge on any atom is -0.507 e. The van der Waals surface area contributed by atoms with Gasteiger partial charge in [0.25, 0.3) is 0 Å². The van der Waals surface area contributed by atoms with E-state index in [1.165, 1.54) is 12.8 Å². The van der Waals surface area contributed by atoms with Crippen LogP contribution >= 0.6 is 0 Å². The van der Waals surface area contributed by atoms with Crippen molar-refractivity contribution in [2.24, 2.45) is 0 Å². The van der Waals surface area contributed by atoms with Crippen LogP contribution in [0.15, 0.2) is 36.4 Å². The summed E-state index contributed by atoms with van der Waals surface area (Å²) in [4.78, 5) is 12.0. The van der Waals surface area contributed by atoms with E-state index < -0.39 is 0 Å². The lowest BCUT2D eigenvalue weighted by atomic mass is 9.94. The molecule has 0 aliphatic carbocycles. The number of methoxy groups -OCH3 is 1. The van der Waals surface area contributed by atoms with Crippen molar-refractivity contribution in [3.05, 3.63) is 47.7 Å². The average molecular weight is 363 g/mol. The molecule has 1 aliphatic heterocycles. The van der Waals surface area contributed by atoms with Gasteiger partial charge in [0.2, 0.25) is 0 Å². The molecule has 0 amide bonds. The van der Waals surface area contributed by atoms with Crippen molar-refractivity contribution in [1.82, 2.24) is 14.9 Å². The van der Waals surface area contributed by atoms with Crippen molar-refractivity contribution in [2.45, 2.75) is 25.7 Å². The smallest absolute Gasteiger partial charge is 0.160 e. The highest BCUT2D eigenvalue weighted by molar-refractivity contribution is 5.81. The van der Waals surface area contributed by atoms with Crippen molar-refractivity contribution in [3.63, 3.8) is 0 Å². The van der Waals surface area contributed by atoms with Gasteiger partial charge in [0.15, 0.2) is 5.65 Å². The Bertz CT molecular complexity index is 963. The number of nitrogens with zero attached hydrogens (tertiary/aromatic N) is 3. The molecule has 0 spiro atoms. The fourth-order valence-corrected chi connectivity index (χ4v) is 3.98. The minimum atomic E-state index is 0.170. The first-order valence-corrected chi connectivity index (χ1v) is 9.39. The third-order valence-electron chi connectivity index (χ3n) is 5.40. The van der Waals surface area contributed by atoms with Gasteiger partial charge in [0.1, 0.15) is 11.5 Å². The molecule has 0 radical (unpaired) electrons. The van der Waals surface area contributed by atoms with E-state index in [1.54, 1.807) is 13.2 Å². The number of piperidine rings is 1. The van der Waals surface area contributed by atoms with Crippen LogP contribution in [-0.4, -0.2) is 47.2 Å². The fourth-order valence-electron chi connectivity index (χ4n) is 3.98. The summed E-state index contributed by atoms with van der Waals surface area (Å²) in [5.41, 5.74) is 4.21. The van der Waals surface area contributed by atoms with Gasteiger partial charge in [0, 0.05) is 35.2 Å². The molecule has 1 aliphatic rings. The summed E-state index contributed by atoms with van der Waals surface area (Å²) in [7, 11) is 3.76. The molecule has 2 aromatic heterocycles. The molecule has 5 heteroatoms. The number of ether oxygens (including phenoxy) is 1. The van der Waals surface area contributed by atoms with Crippen LogP contribution in [0, 0.1) is 6.92 Å². The molecular weight excluding hydrogens is 338 g/mol. The third-order valence-corrected chi connectivity index (χ3v) is 5.40. The molecule has 140 valence electrons. The third kappa shape index (κ3) is 3.47. The number of likely N-dealkylation sites (tertiary alicyclic amines) is 1. The maximum atomic E-state index is 10.5. The Labute approximate surface area is 159 Å². The maximum absolute atomic E-state index is 10.5. The number of hydrogen-bond acceptors (Lipinski definition) is 5. The lowest BCUT2D eigenvalue weighted by Crippen LogP contribution is -2.31. The fraction of sp³-hybridized carbons (Fsp3) is 0.364. The number of pyridine rings is 2. The Hall–Kier alpha value is -2.66. The summed E-state index contributed by atoms with van der Waals surface area (Å²) < 4.78 is 5.23. The molecule has 0 bridgehead atoms. The van der Waals surface area contributed by atoms with Crippen molar-refractivity contribution >= 4 is 11.0 Å². The van der Waals surface area contributed by atoms with Crippen molar-refractivity contribution < 1.29 is 9.84 Å². The van der Waals surface area contributed by atoms with Crippen molar-refractivity contribution in [3.8, 4) is 22.8 Å². The Morgan fingerprint density at radius 1 is 1.15 bits per heavy atom. The van der Waals surface area contributed by atoms with E-state index in [0.29, 0.717) is 11.7 Å². The molecule has 3 heterocycles. The quantitative estimate of drug-likeness (QED) is 0.758. The van der Waals surface area contributed by atoms with E-state index >= 15 is 0 Å². The summed E-state index contributed by atoms with van der Waals surface area (Å²) in [6.45, 7) is 4.14. The predicted octanol–water partition coefficient (Wildman–Crippen LogP) is 4.13. The summed E-state index contributed by atoms with van der Waals surface area (Å²) >= 11 is 0. The van der Waals surface area contributed by atoms with Crippen LogP contribution in [0.3, 0.4) is 0 Å². The minimum absolute atomic E-state index is 0.170. The first-order valence-electron chi connectivity index (χ1n) is 9.39. The van der Waals surface area contributed by atoms with Gasteiger partial charge in [-0.2, -0.15) is 0 Å². The normalized spacial score (nSPS) is 18.0. The van der Waals surface area contributed by atoms with Crippen LogP contribution in [0.2, 0.25) is 0 Å². The average Bonchev–Trinajstić information content (AvgIpc) is 2.66. The summed E-state index contributed by atoms with van der Waals surface area (Å²) in [5, 5.41) is 11.5. The molecule has 1 fully saturated rings. The highest BCUT2D eigenvalue weighted by Crippen LogP contribution is 2.35. The molecule has 1 saturated heterocycles. The molecule has 1 aromatic carbocycles. The number of hydrogen-bond donors (Lipinski definition) is 1. The first-order chi connectivity index (χ1) is 13.0. The standard InChI is InChI=1S/C22H25N3O2/c1-14-11-17(27-3)12-20(26)21(14)19-9-7-15-6-8-18(23-22(15)24-19)16-5-4-10-25(2)13-16/h6-9,11-12,16,26H,4-5,10,13H2,1-3H3. The second-order valence-electron chi connectivity index (χ2n) is 7.42. The lowest BCUT2D eigenvalue weighted by molar-refractivity contribution is 0.248. The van der Waals surface area contributed by atoms with Crippen LogP contribution in [-0.2, 0) is 0 Å². The number of aryl methyl sites for hydroxylation is 1. The second-order valence-corrected chi connectivity index (χ2v) is 7.42. The number of benzene rings is 1. The zero-order valence-corrected chi connectivity index (χ0v) is 16.1. The largest absolute Gasteiger partial charge is 0.507 e. The van der Waals surface area contributed by atoms with Gasteiger partial charge in [-0.25, -0.2) is 9.97 Å². The van der Waals surface area contributed by atoms with Crippen molar-refractivity contribution in [1.29, 1.82) is 0 Å². The van der Waals surface area contributed by atoms with Gasteiger partial charge in [0.05, 0.1) is 12.8 Å². The molecule has 27 heavy (non-hydrogen) atoms. The van der Waals surface area contributed by atoms with Gasteiger partial charge in [-0.15, -0.1) is 0 Å². The van der Waals surface area contributed by atoms with Crippen LogP contribution in [0.4, 0.5) is 0 Å². The van der Waals surface area contributed by atoms with Gasteiger partial charge in [-0.05, 0) is 69.3 Å². The topological polar surface area (TPSA) is 58.5 Å². The number of phenols is 1. The van der Waals surface area contributed by atoms with E-state index in [1.807, 2.05) is 25.1 Å². The zero-order chi connectivity index (χ0) is 19.0. The number of phenolic OH excluding ortho intramolecular Hbond substituents is 1. The van der Waals surface area contributed by atoms with E-state index in [0.717, 1.165) is 46.6 Å². The lowest BCUT2D eigenvalue weighted by Gasteiger charge is -2.29. The van der Waals surface area contributed by atoms with Gasteiger partial charge in [-0.3, -0.25) is 0 Å². The molecular formula is C22H25N3O2. The molecule has 1 unspecified atom stereocenters. The van der Waals surface area contributed by atoms with E-state index in [4.69, 9.17) is 14.7 Å². The Kier molecular flexibility index (Phi) is 4.70. The zero-order valence-electron chi connectivity index (χ0n) is 16.1. The predicted molar refractivity (Wildman–Crippen MR) is 107 cm³/mol. The molecule has 5 nitrogen and oxygen atoms in total. The van der Waals surface area contributed by atoms with Crippen LogP contribution in [0.1, 0.15) is 30.0 Å². The Balaban J connectivity index is 1.75. The number of aromatic nitrogens is 2. The number of aromatic hydroxyl groups is 1. The highest BCUT2D eigenvalue weighted by atomic mass is 16.5. The van der Waals surface area contributed by atoms with Crippen molar-refractivity contribution in [2.75, 3.05) is 27.2 Å². The van der Waals surface area contributed by atoms with Crippen LogP contribution in [0.25, 0.3) is 22.3 Å². The molecule has 4 rings (SSSR count). The summed E-state index contributed by atoms with van der Waals surface area (Å²) in [5.74, 6) is 1.26. The summed E-state index contributed by atoms with van der Waals surface area (Å²) in [6.07, 6.45) is 2.37. The maximum Gasteiger partial charge on any atom is 0.160 e.